The zero-order valence-electron chi connectivity index (χ0n) is 12.5. The normalized spacial score (nSPS) is 22.1. The summed E-state index contributed by atoms with van der Waals surface area (Å²) in [6.07, 6.45) is 3.84. The predicted octanol–water partition coefficient (Wildman–Crippen LogP) is 3.12. The van der Waals surface area contributed by atoms with Crippen molar-refractivity contribution in [3.05, 3.63) is 0 Å². The van der Waals surface area contributed by atoms with Crippen molar-refractivity contribution in [3.63, 3.8) is 0 Å². The Bertz CT molecular complexity index is 209. The Kier molecular flexibility index (Phi) is 5.46. The van der Waals surface area contributed by atoms with Crippen LogP contribution in [0.4, 0.5) is 0 Å². The summed E-state index contributed by atoms with van der Waals surface area (Å²) < 4.78 is 0. The molecule has 1 fully saturated rings. The minimum Gasteiger partial charge on any atom is -0.327 e. The van der Waals surface area contributed by atoms with Gasteiger partial charge in [-0.05, 0) is 49.6 Å². The smallest absolute Gasteiger partial charge is 0.0170 e. The lowest BCUT2D eigenvalue weighted by molar-refractivity contribution is 0.106. The topological polar surface area (TPSA) is 29.3 Å². The first kappa shape index (κ1) is 15.0. The van der Waals surface area contributed by atoms with Gasteiger partial charge >= 0.3 is 0 Å². The molecule has 0 aromatic carbocycles. The molecule has 102 valence electrons. The van der Waals surface area contributed by atoms with Crippen LogP contribution in [0, 0.1) is 17.3 Å². The van der Waals surface area contributed by atoms with Gasteiger partial charge in [-0.3, -0.25) is 0 Å². The van der Waals surface area contributed by atoms with Crippen LogP contribution < -0.4 is 5.73 Å². The molecule has 1 unspecified atom stereocenters. The molecule has 2 heteroatoms. The van der Waals surface area contributed by atoms with Gasteiger partial charge in [0.2, 0.25) is 0 Å². The molecule has 1 aliphatic rings. The highest BCUT2D eigenvalue weighted by Crippen LogP contribution is 2.34. The number of nitrogens with zero attached hydrogens (tertiary/aromatic N) is 1. The highest BCUT2D eigenvalue weighted by atomic mass is 15.1. The van der Waals surface area contributed by atoms with E-state index in [0.717, 1.165) is 24.8 Å². The first-order valence-electron chi connectivity index (χ1n) is 7.27. The molecular formula is C15H32N2. The lowest BCUT2D eigenvalue weighted by Gasteiger charge is -2.39. The van der Waals surface area contributed by atoms with Crippen LogP contribution in [-0.2, 0) is 0 Å². The van der Waals surface area contributed by atoms with Gasteiger partial charge in [0, 0.05) is 12.6 Å². The van der Waals surface area contributed by atoms with E-state index in [1.165, 1.54) is 25.9 Å². The Balaban J connectivity index is 2.28. The molecule has 2 N–H and O–H groups in total. The van der Waals surface area contributed by atoms with E-state index in [4.69, 9.17) is 5.73 Å². The molecule has 0 radical (unpaired) electrons. The van der Waals surface area contributed by atoms with E-state index in [1.807, 2.05) is 0 Å². The molecular weight excluding hydrogens is 208 g/mol. The quantitative estimate of drug-likeness (QED) is 0.818. The second-order valence-electron chi connectivity index (χ2n) is 7.33. The van der Waals surface area contributed by atoms with Crippen LogP contribution in [0.2, 0.25) is 0 Å². The van der Waals surface area contributed by atoms with Crippen molar-refractivity contribution in [2.75, 3.05) is 19.6 Å². The minimum absolute atomic E-state index is 0.362. The molecule has 0 amide bonds. The third-order valence-corrected chi connectivity index (χ3v) is 4.08. The van der Waals surface area contributed by atoms with Gasteiger partial charge in [0.1, 0.15) is 0 Å². The Morgan fingerprint density at radius 1 is 1.18 bits per heavy atom. The van der Waals surface area contributed by atoms with Gasteiger partial charge < -0.3 is 10.6 Å². The average molecular weight is 240 g/mol. The third kappa shape index (κ3) is 5.39. The molecule has 2 nitrogen and oxygen atoms in total. The minimum atomic E-state index is 0.362. The largest absolute Gasteiger partial charge is 0.327 e. The van der Waals surface area contributed by atoms with Gasteiger partial charge in [-0.15, -0.1) is 0 Å². The maximum atomic E-state index is 6.18. The van der Waals surface area contributed by atoms with Crippen molar-refractivity contribution in [2.24, 2.45) is 23.0 Å². The summed E-state index contributed by atoms with van der Waals surface area (Å²) in [4.78, 5) is 2.56. The summed E-state index contributed by atoms with van der Waals surface area (Å²) >= 11 is 0. The maximum Gasteiger partial charge on any atom is 0.0170 e. The van der Waals surface area contributed by atoms with Gasteiger partial charge in [-0.25, -0.2) is 0 Å². The second kappa shape index (κ2) is 6.19. The van der Waals surface area contributed by atoms with E-state index >= 15 is 0 Å². The Hall–Kier alpha value is -0.0800. The highest BCUT2D eigenvalue weighted by molar-refractivity contribution is 4.82. The fraction of sp³-hybridized carbons (Fsp3) is 1.00. The van der Waals surface area contributed by atoms with Crippen LogP contribution in [0.15, 0.2) is 0 Å². The van der Waals surface area contributed by atoms with Crippen LogP contribution in [0.5, 0.6) is 0 Å². The molecule has 17 heavy (non-hydrogen) atoms. The summed E-state index contributed by atoms with van der Waals surface area (Å²) in [6, 6.07) is 0.362. The fourth-order valence-corrected chi connectivity index (χ4v) is 2.99. The van der Waals surface area contributed by atoms with Crippen LogP contribution in [0.3, 0.4) is 0 Å². The Morgan fingerprint density at radius 2 is 1.71 bits per heavy atom. The van der Waals surface area contributed by atoms with Crippen LogP contribution in [0.25, 0.3) is 0 Å². The Labute approximate surface area is 108 Å². The third-order valence-electron chi connectivity index (χ3n) is 4.08. The first-order valence-corrected chi connectivity index (χ1v) is 7.27. The van der Waals surface area contributed by atoms with Gasteiger partial charge in [0.25, 0.3) is 0 Å². The number of rotatable bonds is 4. The summed E-state index contributed by atoms with van der Waals surface area (Å²) in [7, 11) is 0. The molecule has 0 aromatic rings. The summed E-state index contributed by atoms with van der Waals surface area (Å²) in [5.74, 6) is 1.61. The maximum absolute atomic E-state index is 6.18. The molecule has 0 spiro atoms. The predicted molar refractivity (Wildman–Crippen MR) is 76.0 cm³/mol. The zero-order chi connectivity index (χ0) is 13.1. The standard InChI is InChI=1S/C15H32N2/c1-12(2)10-14(16)11-17-8-6-13(7-9-17)15(3,4)5/h12-14H,6-11,16H2,1-5H3. The van der Waals surface area contributed by atoms with E-state index in [2.05, 4.69) is 39.5 Å². The van der Waals surface area contributed by atoms with E-state index in [-0.39, 0.29) is 0 Å². The van der Waals surface area contributed by atoms with Gasteiger partial charge in [0.05, 0.1) is 0 Å². The van der Waals surface area contributed by atoms with Gasteiger partial charge in [-0.1, -0.05) is 34.6 Å². The van der Waals surface area contributed by atoms with Crippen molar-refractivity contribution in [2.45, 2.75) is 59.9 Å². The van der Waals surface area contributed by atoms with Crippen molar-refractivity contribution >= 4 is 0 Å². The second-order valence-corrected chi connectivity index (χ2v) is 7.33. The molecule has 0 bridgehead atoms. The highest BCUT2D eigenvalue weighted by Gasteiger charge is 2.29. The van der Waals surface area contributed by atoms with Gasteiger partial charge in [0.15, 0.2) is 0 Å². The fourth-order valence-electron chi connectivity index (χ4n) is 2.99. The molecule has 1 saturated heterocycles. The lowest BCUT2D eigenvalue weighted by Crippen LogP contribution is -2.44. The molecule has 1 aliphatic heterocycles. The lowest BCUT2D eigenvalue weighted by atomic mass is 9.75. The molecule has 0 aromatic heterocycles. The van der Waals surface area contributed by atoms with Crippen molar-refractivity contribution in [1.82, 2.24) is 4.90 Å². The number of piperidine rings is 1. The summed E-state index contributed by atoms with van der Waals surface area (Å²) in [5.41, 5.74) is 6.66. The molecule has 0 saturated carbocycles. The van der Waals surface area contributed by atoms with E-state index < -0.39 is 0 Å². The number of hydrogen-bond donors (Lipinski definition) is 1. The molecule has 1 atom stereocenters. The summed E-state index contributed by atoms with van der Waals surface area (Å²) in [6.45, 7) is 15.2. The number of nitrogens with two attached hydrogens (primary N) is 1. The Morgan fingerprint density at radius 3 is 2.12 bits per heavy atom. The molecule has 0 aliphatic carbocycles. The zero-order valence-corrected chi connectivity index (χ0v) is 12.5. The van der Waals surface area contributed by atoms with Crippen LogP contribution in [0.1, 0.15) is 53.9 Å². The first-order chi connectivity index (χ1) is 7.79. The monoisotopic (exact) mass is 240 g/mol. The van der Waals surface area contributed by atoms with Crippen molar-refractivity contribution in [1.29, 1.82) is 0 Å². The van der Waals surface area contributed by atoms with E-state index in [9.17, 15) is 0 Å². The summed E-state index contributed by atoms with van der Waals surface area (Å²) in [5, 5.41) is 0. The van der Waals surface area contributed by atoms with Crippen molar-refractivity contribution in [3.8, 4) is 0 Å². The SMILES string of the molecule is CC(C)CC(N)CN1CCC(C(C)(C)C)CC1. The number of hydrogen-bond acceptors (Lipinski definition) is 2. The van der Waals surface area contributed by atoms with Crippen LogP contribution in [-0.4, -0.2) is 30.6 Å². The molecule has 1 heterocycles. The number of likely N-dealkylation sites (tertiary alicyclic amines) is 1. The average Bonchev–Trinajstić information content (AvgIpc) is 2.15. The van der Waals surface area contributed by atoms with Crippen molar-refractivity contribution < 1.29 is 0 Å². The molecule has 1 rings (SSSR count). The van der Waals surface area contributed by atoms with Gasteiger partial charge in [-0.2, -0.15) is 0 Å². The van der Waals surface area contributed by atoms with E-state index in [1.54, 1.807) is 0 Å². The van der Waals surface area contributed by atoms with Crippen LogP contribution >= 0.6 is 0 Å². The van der Waals surface area contributed by atoms with E-state index in [0.29, 0.717) is 11.5 Å².